The Morgan fingerprint density at radius 3 is 2.24 bits per heavy atom. The molecule has 17 heavy (non-hydrogen) atoms. The monoisotopic (exact) mass is 232 g/mol. The molecular weight excluding hydrogens is 208 g/mol. The van der Waals surface area contributed by atoms with Crippen molar-refractivity contribution in [3.8, 4) is 0 Å². The maximum atomic E-state index is 5.77. The Labute approximate surface area is 105 Å². The Morgan fingerprint density at radius 1 is 1.12 bits per heavy atom. The number of hydrogen-bond acceptors (Lipinski definition) is 2. The Bertz CT molecular complexity index is 361. The largest absolute Gasteiger partial charge is 0.326 e. The fourth-order valence-electron chi connectivity index (χ4n) is 2.86. The molecule has 2 N–H and O–H groups in total. The molecule has 1 saturated heterocycles. The summed E-state index contributed by atoms with van der Waals surface area (Å²) in [6.07, 6.45) is 2.61. The molecule has 1 aliphatic rings. The van der Waals surface area contributed by atoms with Crippen molar-refractivity contribution in [1.82, 2.24) is 4.90 Å². The van der Waals surface area contributed by atoms with Gasteiger partial charge in [-0.1, -0.05) is 38.1 Å². The molecule has 1 aromatic carbocycles. The SMILES string of the molecule is CCC1(CC)CN(Cc2ccccc2CN)C1. The second-order valence-electron chi connectivity index (χ2n) is 5.33. The molecule has 1 aromatic rings. The highest BCUT2D eigenvalue weighted by atomic mass is 15.2. The predicted octanol–water partition coefficient (Wildman–Crippen LogP) is 2.77. The molecule has 0 aliphatic carbocycles. The Balaban J connectivity index is 1.96. The molecule has 1 fully saturated rings. The molecule has 0 spiro atoms. The molecule has 0 aromatic heterocycles. The smallest absolute Gasteiger partial charge is 0.0237 e. The minimum Gasteiger partial charge on any atom is -0.326 e. The van der Waals surface area contributed by atoms with Gasteiger partial charge in [-0.3, -0.25) is 4.90 Å². The van der Waals surface area contributed by atoms with E-state index in [1.54, 1.807) is 0 Å². The summed E-state index contributed by atoms with van der Waals surface area (Å²) < 4.78 is 0. The van der Waals surface area contributed by atoms with Gasteiger partial charge >= 0.3 is 0 Å². The van der Waals surface area contributed by atoms with Gasteiger partial charge in [0.15, 0.2) is 0 Å². The van der Waals surface area contributed by atoms with E-state index in [4.69, 9.17) is 5.73 Å². The van der Waals surface area contributed by atoms with Gasteiger partial charge in [-0.15, -0.1) is 0 Å². The maximum absolute atomic E-state index is 5.77. The quantitative estimate of drug-likeness (QED) is 0.846. The number of hydrogen-bond donors (Lipinski definition) is 1. The number of benzene rings is 1. The van der Waals surface area contributed by atoms with Crippen molar-refractivity contribution in [2.24, 2.45) is 11.1 Å². The average Bonchev–Trinajstić information content (AvgIpc) is 2.34. The van der Waals surface area contributed by atoms with Crippen LogP contribution in [0.25, 0.3) is 0 Å². The Hall–Kier alpha value is -0.860. The molecule has 0 radical (unpaired) electrons. The molecule has 2 heteroatoms. The van der Waals surface area contributed by atoms with E-state index in [9.17, 15) is 0 Å². The number of rotatable bonds is 5. The van der Waals surface area contributed by atoms with E-state index in [1.165, 1.54) is 37.1 Å². The Kier molecular flexibility index (Phi) is 3.85. The van der Waals surface area contributed by atoms with Crippen LogP contribution in [-0.4, -0.2) is 18.0 Å². The normalized spacial score (nSPS) is 19.0. The van der Waals surface area contributed by atoms with Crippen LogP contribution < -0.4 is 5.73 Å². The fraction of sp³-hybridized carbons (Fsp3) is 0.600. The summed E-state index contributed by atoms with van der Waals surface area (Å²) >= 11 is 0. The second-order valence-corrected chi connectivity index (χ2v) is 5.33. The first-order valence-electron chi connectivity index (χ1n) is 6.72. The van der Waals surface area contributed by atoms with Crippen LogP contribution in [0.1, 0.15) is 37.8 Å². The highest BCUT2D eigenvalue weighted by Crippen LogP contribution is 2.37. The molecular formula is C15H24N2. The Morgan fingerprint density at radius 2 is 1.71 bits per heavy atom. The molecule has 2 nitrogen and oxygen atoms in total. The van der Waals surface area contributed by atoms with Crippen LogP contribution in [0, 0.1) is 5.41 Å². The third-order valence-corrected chi connectivity index (χ3v) is 4.35. The summed E-state index contributed by atoms with van der Waals surface area (Å²) in [6, 6.07) is 8.54. The third-order valence-electron chi connectivity index (χ3n) is 4.35. The highest BCUT2D eigenvalue weighted by molar-refractivity contribution is 5.27. The van der Waals surface area contributed by atoms with Gasteiger partial charge in [0.2, 0.25) is 0 Å². The molecule has 0 amide bonds. The first kappa shape index (κ1) is 12.6. The van der Waals surface area contributed by atoms with Gasteiger partial charge in [-0.25, -0.2) is 0 Å². The van der Waals surface area contributed by atoms with Gasteiger partial charge in [0, 0.05) is 26.2 Å². The van der Waals surface area contributed by atoms with Crippen molar-refractivity contribution in [1.29, 1.82) is 0 Å². The van der Waals surface area contributed by atoms with Gasteiger partial charge in [0.1, 0.15) is 0 Å². The van der Waals surface area contributed by atoms with Crippen LogP contribution in [0.4, 0.5) is 0 Å². The molecule has 0 unspecified atom stereocenters. The van der Waals surface area contributed by atoms with Gasteiger partial charge in [-0.05, 0) is 29.4 Å². The van der Waals surface area contributed by atoms with Crippen molar-refractivity contribution in [2.75, 3.05) is 13.1 Å². The molecule has 94 valence electrons. The summed E-state index contributed by atoms with van der Waals surface area (Å²) in [5.74, 6) is 0. The topological polar surface area (TPSA) is 29.3 Å². The molecule has 0 bridgehead atoms. The fourth-order valence-corrected chi connectivity index (χ4v) is 2.86. The van der Waals surface area contributed by atoms with E-state index < -0.39 is 0 Å². The van der Waals surface area contributed by atoms with Crippen molar-refractivity contribution in [3.05, 3.63) is 35.4 Å². The van der Waals surface area contributed by atoms with Crippen molar-refractivity contribution in [3.63, 3.8) is 0 Å². The minimum atomic E-state index is 0.595. The number of nitrogens with zero attached hydrogens (tertiary/aromatic N) is 1. The first-order valence-corrected chi connectivity index (χ1v) is 6.72. The molecule has 2 rings (SSSR count). The molecule has 0 saturated carbocycles. The summed E-state index contributed by atoms with van der Waals surface area (Å²) in [6.45, 7) is 8.84. The molecule has 1 aliphatic heterocycles. The number of nitrogens with two attached hydrogens (primary N) is 1. The van der Waals surface area contributed by atoms with Gasteiger partial charge in [0.25, 0.3) is 0 Å². The van der Waals surface area contributed by atoms with Crippen LogP contribution in [-0.2, 0) is 13.1 Å². The lowest BCUT2D eigenvalue weighted by atomic mass is 9.75. The first-order chi connectivity index (χ1) is 8.23. The lowest BCUT2D eigenvalue weighted by Crippen LogP contribution is -2.55. The molecule has 0 atom stereocenters. The van der Waals surface area contributed by atoms with Gasteiger partial charge in [-0.2, -0.15) is 0 Å². The van der Waals surface area contributed by atoms with E-state index >= 15 is 0 Å². The van der Waals surface area contributed by atoms with Crippen LogP contribution in [0.15, 0.2) is 24.3 Å². The minimum absolute atomic E-state index is 0.595. The van der Waals surface area contributed by atoms with Crippen LogP contribution in [0.3, 0.4) is 0 Å². The van der Waals surface area contributed by atoms with Crippen molar-refractivity contribution < 1.29 is 0 Å². The lowest BCUT2D eigenvalue weighted by Gasteiger charge is -2.50. The zero-order chi connectivity index (χ0) is 12.3. The highest BCUT2D eigenvalue weighted by Gasteiger charge is 2.39. The van der Waals surface area contributed by atoms with Gasteiger partial charge < -0.3 is 5.73 Å². The summed E-state index contributed by atoms with van der Waals surface area (Å²) in [4.78, 5) is 2.54. The third kappa shape index (κ3) is 2.53. The van der Waals surface area contributed by atoms with Crippen molar-refractivity contribution in [2.45, 2.75) is 39.8 Å². The summed E-state index contributed by atoms with van der Waals surface area (Å²) in [5.41, 5.74) is 9.06. The predicted molar refractivity (Wildman–Crippen MR) is 72.6 cm³/mol. The van der Waals surface area contributed by atoms with Crippen molar-refractivity contribution >= 4 is 0 Å². The standard InChI is InChI=1S/C15H24N2/c1-3-15(4-2)11-17(12-15)10-14-8-6-5-7-13(14)9-16/h5-8H,3-4,9-12,16H2,1-2H3. The lowest BCUT2D eigenvalue weighted by molar-refractivity contribution is -0.0121. The maximum Gasteiger partial charge on any atom is 0.0237 e. The molecule has 1 heterocycles. The number of likely N-dealkylation sites (tertiary alicyclic amines) is 1. The van der Waals surface area contributed by atoms with Gasteiger partial charge in [0.05, 0.1) is 0 Å². The van der Waals surface area contributed by atoms with Crippen LogP contribution >= 0.6 is 0 Å². The summed E-state index contributed by atoms with van der Waals surface area (Å²) in [7, 11) is 0. The van der Waals surface area contributed by atoms with E-state index in [0.29, 0.717) is 12.0 Å². The zero-order valence-corrected chi connectivity index (χ0v) is 11.1. The van der Waals surface area contributed by atoms with E-state index in [2.05, 4.69) is 43.0 Å². The zero-order valence-electron chi connectivity index (χ0n) is 11.1. The van der Waals surface area contributed by atoms with E-state index in [-0.39, 0.29) is 0 Å². The van der Waals surface area contributed by atoms with E-state index in [1.807, 2.05) is 0 Å². The van der Waals surface area contributed by atoms with E-state index in [0.717, 1.165) is 6.54 Å². The average molecular weight is 232 g/mol. The van der Waals surface area contributed by atoms with Crippen LogP contribution in [0.5, 0.6) is 0 Å². The summed E-state index contributed by atoms with van der Waals surface area (Å²) in [5, 5.41) is 0. The van der Waals surface area contributed by atoms with Crippen LogP contribution in [0.2, 0.25) is 0 Å². The second kappa shape index (κ2) is 5.19.